The average Bonchev–Trinajstić information content (AvgIpc) is 3.22. The fourth-order valence-electron chi connectivity index (χ4n) is 4.44. The fraction of sp³-hybridized carbons (Fsp3) is 0.409. The monoisotopic (exact) mass is 350 g/mol. The van der Waals surface area contributed by atoms with E-state index in [0.29, 0.717) is 11.8 Å². The minimum atomic E-state index is 0.0795. The molecule has 4 nitrogen and oxygen atoms in total. The molecule has 2 aliphatic rings. The van der Waals surface area contributed by atoms with E-state index < -0.39 is 0 Å². The van der Waals surface area contributed by atoms with Crippen LogP contribution in [0, 0.1) is 25.7 Å². The van der Waals surface area contributed by atoms with Gasteiger partial charge in [-0.05, 0) is 42.5 Å². The first-order valence-corrected chi connectivity index (χ1v) is 9.39. The van der Waals surface area contributed by atoms with Crippen LogP contribution in [0.25, 0.3) is 0 Å². The number of amides is 1. The molecule has 0 unspecified atom stereocenters. The predicted molar refractivity (Wildman–Crippen MR) is 102 cm³/mol. The first-order valence-electron chi connectivity index (χ1n) is 9.39. The highest BCUT2D eigenvalue weighted by atomic mass is 16.5. The van der Waals surface area contributed by atoms with E-state index in [4.69, 9.17) is 4.74 Å². The van der Waals surface area contributed by atoms with Crippen LogP contribution in [0.3, 0.4) is 0 Å². The number of carbonyl (C=O) groups excluding carboxylic acids is 1. The molecule has 2 aromatic carbocycles. The highest BCUT2D eigenvalue weighted by molar-refractivity contribution is 5.79. The van der Waals surface area contributed by atoms with Crippen LogP contribution < -0.4 is 10.1 Å². The van der Waals surface area contributed by atoms with Crippen LogP contribution in [-0.2, 0) is 4.79 Å². The molecular weight excluding hydrogens is 324 g/mol. The van der Waals surface area contributed by atoms with Crippen LogP contribution in [-0.4, -0.2) is 37.0 Å². The Morgan fingerprint density at radius 3 is 2.58 bits per heavy atom. The van der Waals surface area contributed by atoms with Crippen LogP contribution in [0.2, 0.25) is 0 Å². The molecule has 3 atom stereocenters. The number of nitrogens with zero attached hydrogens (tertiary/aromatic N) is 1. The molecule has 26 heavy (non-hydrogen) atoms. The number of hydrogen-bond donors (Lipinski definition) is 1. The van der Waals surface area contributed by atoms with Crippen LogP contribution in [0.4, 0.5) is 0 Å². The van der Waals surface area contributed by atoms with Crippen molar-refractivity contribution in [3.63, 3.8) is 0 Å². The summed E-state index contributed by atoms with van der Waals surface area (Å²) in [6.45, 7) is 7.02. The summed E-state index contributed by atoms with van der Waals surface area (Å²) >= 11 is 0. The molecule has 136 valence electrons. The minimum Gasteiger partial charge on any atom is -0.484 e. The first-order chi connectivity index (χ1) is 12.6. The Kier molecular flexibility index (Phi) is 4.68. The Bertz CT molecular complexity index is 804. The SMILES string of the molecule is Cc1ccccc1OCC(=O)N1C[C@@H]2CNC[C@@H]2[C@H]1c1ccccc1C. The van der Waals surface area contributed by atoms with Crippen LogP contribution in [0.1, 0.15) is 22.7 Å². The number of carbonyl (C=O) groups is 1. The molecule has 0 aromatic heterocycles. The van der Waals surface area contributed by atoms with Crippen molar-refractivity contribution in [2.45, 2.75) is 19.9 Å². The summed E-state index contributed by atoms with van der Waals surface area (Å²) in [7, 11) is 0. The van der Waals surface area contributed by atoms with Gasteiger partial charge in [0.1, 0.15) is 5.75 Å². The van der Waals surface area contributed by atoms with Crippen LogP contribution >= 0.6 is 0 Å². The van der Waals surface area contributed by atoms with Gasteiger partial charge in [0.25, 0.3) is 5.91 Å². The molecule has 1 N–H and O–H groups in total. The predicted octanol–water partition coefficient (Wildman–Crippen LogP) is 3.10. The zero-order chi connectivity index (χ0) is 18.1. The molecule has 0 spiro atoms. The van der Waals surface area contributed by atoms with Crippen molar-refractivity contribution in [3.8, 4) is 5.75 Å². The largest absolute Gasteiger partial charge is 0.484 e. The van der Waals surface area contributed by atoms with Crippen molar-refractivity contribution < 1.29 is 9.53 Å². The molecule has 2 fully saturated rings. The van der Waals surface area contributed by atoms with Gasteiger partial charge in [-0.3, -0.25) is 4.79 Å². The molecule has 2 aromatic rings. The molecular formula is C22H26N2O2. The van der Waals surface area contributed by atoms with Crippen LogP contribution in [0.5, 0.6) is 5.75 Å². The van der Waals surface area contributed by atoms with Gasteiger partial charge in [-0.25, -0.2) is 0 Å². The van der Waals surface area contributed by atoms with Gasteiger partial charge in [-0.2, -0.15) is 0 Å². The van der Waals surface area contributed by atoms with Crippen molar-refractivity contribution in [1.82, 2.24) is 10.2 Å². The van der Waals surface area contributed by atoms with Crippen molar-refractivity contribution in [2.24, 2.45) is 11.8 Å². The third-order valence-electron chi connectivity index (χ3n) is 5.84. The van der Waals surface area contributed by atoms with Gasteiger partial charge in [-0.15, -0.1) is 0 Å². The smallest absolute Gasteiger partial charge is 0.261 e. The Labute approximate surface area is 155 Å². The molecule has 0 radical (unpaired) electrons. The van der Waals surface area contributed by atoms with E-state index >= 15 is 0 Å². The summed E-state index contributed by atoms with van der Waals surface area (Å²) in [5.74, 6) is 1.88. The molecule has 0 bridgehead atoms. The Morgan fingerprint density at radius 1 is 1.08 bits per heavy atom. The third-order valence-corrected chi connectivity index (χ3v) is 5.84. The number of hydrogen-bond acceptors (Lipinski definition) is 3. The third kappa shape index (κ3) is 3.10. The summed E-state index contributed by atoms with van der Waals surface area (Å²) in [6, 6.07) is 16.4. The van der Waals surface area contributed by atoms with Gasteiger partial charge in [0, 0.05) is 25.6 Å². The molecule has 0 saturated carbocycles. The molecule has 4 heteroatoms. The van der Waals surface area contributed by atoms with Gasteiger partial charge in [0.15, 0.2) is 6.61 Å². The fourth-order valence-corrected chi connectivity index (χ4v) is 4.44. The second-order valence-corrected chi connectivity index (χ2v) is 7.48. The zero-order valence-corrected chi connectivity index (χ0v) is 15.4. The molecule has 0 aliphatic carbocycles. The summed E-state index contributed by atoms with van der Waals surface area (Å²) in [6.07, 6.45) is 0. The second-order valence-electron chi connectivity index (χ2n) is 7.48. The number of para-hydroxylation sites is 1. The maximum absolute atomic E-state index is 13.0. The summed E-state index contributed by atoms with van der Waals surface area (Å²) in [4.78, 5) is 15.1. The standard InChI is InChI=1S/C22H26N2O2/c1-15-7-3-5-9-18(15)22-19-12-23-11-17(19)13-24(22)21(25)14-26-20-10-6-4-8-16(20)2/h3-10,17,19,22-23H,11-14H2,1-2H3/t17-,19-,22+/m0/s1. The quantitative estimate of drug-likeness (QED) is 0.921. The van der Waals surface area contributed by atoms with Crippen molar-refractivity contribution >= 4 is 5.91 Å². The average molecular weight is 350 g/mol. The van der Waals surface area contributed by atoms with Crippen LogP contribution in [0.15, 0.2) is 48.5 Å². The van der Waals surface area contributed by atoms with E-state index in [1.54, 1.807) is 0 Å². The van der Waals surface area contributed by atoms with Crippen molar-refractivity contribution in [2.75, 3.05) is 26.2 Å². The molecule has 2 heterocycles. The van der Waals surface area contributed by atoms with E-state index in [1.165, 1.54) is 11.1 Å². The number of fused-ring (bicyclic) bond motifs is 1. The number of nitrogens with one attached hydrogen (secondary N) is 1. The Morgan fingerprint density at radius 2 is 1.81 bits per heavy atom. The second kappa shape index (κ2) is 7.12. The Balaban J connectivity index is 1.55. The highest BCUT2D eigenvalue weighted by Crippen LogP contribution is 2.43. The van der Waals surface area contributed by atoms with E-state index in [1.807, 2.05) is 31.2 Å². The van der Waals surface area contributed by atoms with E-state index in [2.05, 4.69) is 41.4 Å². The summed E-state index contributed by atoms with van der Waals surface area (Å²) in [5.41, 5.74) is 3.58. The molecule has 4 rings (SSSR count). The number of benzene rings is 2. The lowest BCUT2D eigenvalue weighted by molar-refractivity contribution is -0.134. The lowest BCUT2D eigenvalue weighted by atomic mass is 9.87. The topological polar surface area (TPSA) is 41.6 Å². The normalized spacial score (nSPS) is 24.5. The Hall–Kier alpha value is -2.33. The van der Waals surface area contributed by atoms with Gasteiger partial charge < -0.3 is 15.0 Å². The number of aryl methyl sites for hydroxylation is 2. The summed E-state index contributed by atoms with van der Waals surface area (Å²) in [5, 5.41) is 3.50. The first kappa shape index (κ1) is 17.1. The van der Waals surface area contributed by atoms with Gasteiger partial charge in [0.2, 0.25) is 0 Å². The van der Waals surface area contributed by atoms with Gasteiger partial charge >= 0.3 is 0 Å². The van der Waals surface area contributed by atoms with Gasteiger partial charge in [-0.1, -0.05) is 42.5 Å². The highest BCUT2D eigenvalue weighted by Gasteiger charge is 2.47. The lowest BCUT2D eigenvalue weighted by Gasteiger charge is -2.29. The molecule has 1 amide bonds. The zero-order valence-electron chi connectivity index (χ0n) is 15.4. The van der Waals surface area contributed by atoms with E-state index in [9.17, 15) is 4.79 Å². The number of rotatable bonds is 4. The maximum Gasteiger partial charge on any atom is 0.261 e. The lowest BCUT2D eigenvalue weighted by Crippen LogP contribution is -2.38. The maximum atomic E-state index is 13.0. The van der Waals surface area contributed by atoms with E-state index in [0.717, 1.165) is 30.9 Å². The number of ether oxygens (including phenoxy) is 1. The molecule has 2 aliphatic heterocycles. The van der Waals surface area contributed by atoms with Crippen molar-refractivity contribution in [1.29, 1.82) is 0 Å². The van der Waals surface area contributed by atoms with Crippen molar-refractivity contribution in [3.05, 3.63) is 65.2 Å². The van der Waals surface area contributed by atoms with E-state index in [-0.39, 0.29) is 18.6 Å². The number of likely N-dealkylation sites (tertiary alicyclic amines) is 1. The molecule has 2 saturated heterocycles. The summed E-state index contributed by atoms with van der Waals surface area (Å²) < 4.78 is 5.84. The minimum absolute atomic E-state index is 0.0795. The van der Waals surface area contributed by atoms with Gasteiger partial charge in [0.05, 0.1) is 6.04 Å².